The number of aromatic nitrogens is 6. The minimum Gasteiger partial charge on any atom is -0.278 e. The number of carbonyl (C=O) groups is 1. The molecule has 0 atom stereocenters. The van der Waals surface area contributed by atoms with Gasteiger partial charge in [0.1, 0.15) is 11.6 Å². The first-order valence-electron chi connectivity index (χ1n) is 17.3. The van der Waals surface area contributed by atoms with Gasteiger partial charge in [0.15, 0.2) is 0 Å². The zero-order valence-corrected chi connectivity index (χ0v) is 27.7. The van der Waals surface area contributed by atoms with Gasteiger partial charge in [0.05, 0.1) is 11.3 Å². The Labute approximate surface area is 278 Å². The van der Waals surface area contributed by atoms with Crippen molar-refractivity contribution in [3.8, 4) is 23.5 Å². The minimum atomic E-state index is 0.0390. The molecule has 8 heteroatoms. The van der Waals surface area contributed by atoms with E-state index in [1.807, 2.05) is 36.2 Å². The summed E-state index contributed by atoms with van der Waals surface area (Å²) in [7, 11) is 0. The normalized spacial score (nSPS) is 21.1. The summed E-state index contributed by atoms with van der Waals surface area (Å²) >= 11 is 0. The molecule has 242 valence electrons. The molecule has 4 aromatic rings. The number of benzene rings is 1. The predicted octanol–water partition coefficient (Wildman–Crippen LogP) is 7.33. The van der Waals surface area contributed by atoms with Crippen LogP contribution in [-0.2, 0) is 24.1 Å². The van der Waals surface area contributed by atoms with Crippen LogP contribution in [0.1, 0.15) is 106 Å². The molecule has 0 unspecified atom stereocenters. The van der Waals surface area contributed by atoms with Crippen LogP contribution in [0.15, 0.2) is 61.3 Å². The Kier molecular flexibility index (Phi) is 10.6. The van der Waals surface area contributed by atoms with Gasteiger partial charge in [-0.1, -0.05) is 62.9 Å². The summed E-state index contributed by atoms with van der Waals surface area (Å²) in [5.74, 6) is 6.71. The summed E-state index contributed by atoms with van der Waals surface area (Å²) in [6.07, 6.45) is 26.1. The third-order valence-electron chi connectivity index (χ3n) is 10.0. The molecule has 47 heavy (non-hydrogen) atoms. The Hall–Kier alpha value is -4.51. The highest BCUT2D eigenvalue weighted by atomic mass is 16.2. The molecule has 8 nitrogen and oxygen atoms in total. The van der Waals surface area contributed by atoms with E-state index in [-0.39, 0.29) is 11.9 Å². The van der Waals surface area contributed by atoms with Gasteiger partial charge in [0.2, 0.25) is 11.9 Å². The van der Waals surface area contributed by atoms with E-state index in [1.165, 1.54) is 12.8 Å². The van der Waals surface area contributed by atoms with E-state index in [2.05, 4.69) is 34.9 Å². The summed E-state index contributed by atoms with van der Waals surface area (Å²) in [5, 5.41) is 0. The first-order chi connectivity index (χ1) is 23.0. The Balaban J connectivity index is 1.15. The highest BCUT2D eigenvalue weighted by Gasteiger charge is 2.32. The van der Waals surface area contributed by atoms with Crippen LogP contribution < -0.4 is 4.90 Å². The lowest BCUT2D eigenvalue weighted by Crippen LogP contribution is -2.44. The zero-order chi connectivity index (χ0) is 32.6. The number of terminal acetylenes is 1. The summed E-state index contributed by atoms with van der Waals surface area (Å²) in [5.41, 5.74) is 4.75. The third-order valence-corrected chi connectivity index (χ3v) is 10.0. The molecule has 2 aliphatic carbocycles. The van der Waals surface area contributed by atoms with Gasteiger partial charge in [0, 0.05) is 73.3 Å². The van der Waals surface area contributed by atoms with Crippen LogP contribution >= 0.6 is 0 Å². The van der Waals surface area contributed by atoms with E-state index < -0.39 is 0 Å². The van der Waals surface area contributed by atoms with Crippen molar-refractivity contribution in [3.63, 3.8) is 0 Å². The molecule has 3 aromatic heterocycles. The molecule has 0 bridgehead atoms. The van der Waals surface area contributed by atoms with Crippen molar-refractivity contribution in [1.82, 2.24) is 29.9 Å². The Morgan fingerprint density at radius 2 is 1.47 bits per heavy atom. The molecule has 2 saturated carbocycles. The van der Waals surface area contributed by atoms with Crippen LogP contribution in [0.2, 0.25) is 0 Å². The average molecular weight is 628 g/mol. The largest absolute Gasteiger partial charge is 0.278 e. The van der Waals surface area contributed by atoms with Crippen LogP contribution in [-0.4, -0.2) is 41.9 Å². The maximum atomic E-state index is 13.9. The Morgan fingerprint density at radius 1 is 0.830 bits per heavy atom. The maximum absolute atomic E-state index is 13.9. The van der Waals surface area contributed by atoms with Crippen molar-refractivity contribution in [2.75, 3.05) is 4.90 Å². The summed E-state index contributed by atoms with van der Waals surface area (Å²) in [6.45, 7) is 4.37. The molecular weight excluding hydrogens is 582 g/mol. The number of hydrogen-bond acceptors (Lipinski definition) is 7. The molecule has 2 aliphatic rings. The van der Waals surface area contributed by atoms with Crippen LogP contribution in [0.5, 0.6) is 0 Å². The number of rotatable bonds is 10. The topological polar surface area (TPSA) is 97.7 Å². The summed E-state index contributed by atoms with van der Waals surface area (Å²) in [6, 6.07) is 10.2. The quantitative estimate of drug-likeness (QED) is 0.170. The molecule has 0 N–H and O–H groups in total. The lowest BCUT2D eigenvalue weighted by molar-refractivity contribution is -0.119. The van der Waals surface area contributed by atoms with Gasteiger partial charge in [-0.25, -0.2) is 29.9 Å². The number of hydrogen-bond donors (Lipinski definition) is 0. The molecule has 1 aromatic carbocycles. The third kappa shape index (κ3) is 8.08. The van der Waals surface area contributed by atoms with Gasteiger partial charge < -0.3 is 0 Å². The van der Waals surface area contributed by atoms with Crippen molar-refractivity contribution < 1.29 is 4.79 Å². The predicted molar refractivity (Wildman–Crippen MR) is 184 cm³/mol. The van der Waals surface area contributed by atoms with Crippen LogP contribution in [0.4, 0.5) is 5.95 Å². The van der Waals surface area contributed by atoms with Gasteiger partial charge in [-0.05, 0) is 62.3 Å². The standard InChI is InChI=1S/C39H45N7O/c1-4-30-22-42-36(45-38(30)31-16-11-27(3)12-17-31)21-29-13-18-34(19-14-29)46(37(47)20-15-28-9-7-6-8-10-28)39-43-25-33(26-44-39)32-23-40-35(5-2)41-24-32/h1,6-10,22-27,29,31,34H,5,11-21H2,2-3H3. The number of nitrogens with zero attached hydrogens (tertiary/aromatic N) is 7. The van der Waals surface area contributed by atoms with Gasteiger partial charge >= 0.3 is 0 Å². The maximum Gasteiger partial charge on any atom is 0.232 e. The van der Waals surface area contributed by atoms with Gasteiger partial charge in [0.25, 0.3) is 0 Å². The molecule has 0 spiro atoms. The van der Waals surface area contributed by atoms with Gasteiger partial charge in [-0.15, -0.1) is 6.42 Å². The second kappa shape index (κ2) is 15.4. The van der Waals surface area contributed by atoms with Crippen LogP contribution in [0.25, 0.3) is 11.1 Å². The fraction of sp³-hybridized carbons (Fsp3) is 0.462. The smallest absolute Gasteiger partial charge is 0.232 e. The van der Waals surface area contributed by atoms with E-state index in [0.29, 0.717) is 30.6 Å². The molecule has 0 radical (unpaired) electrons. The molecule has 1 amide bonds. The second-order valence-corrected chi connectivity index (χ2v) is 13.3. The lowest BCUT2D eigenvalue weighted by atomic mass is 9.80. The number of amides is 1. The minimum absolute atomic E-state index is 0.0390. The zero-order valence-electron chi connectivity index (χ0n) is 27.7. The Morgan fingerprint density at radius 3 is 2.11 bits per heavy atom. The van der Waals surface area contributed by atoms with Gasteiger partial charge in [-0.2, -0.15) is 0 Å². The first kappa shape index (κ1) is 32.4. The summed E-state index contributed by atoms with van der Waals surface area (Å²) in [4.78, 5) is 43.7. The Bertz CT molecular complexity index is 1650. The van der Waals surface area contributed by atoms with Crippen LogP contribution in [0.3, 0.4) is 0 Å². The van der Waals surface area contributed by atoms with E-state index in [4.69, 9.17) is 26.4 Å². The molecule has 2 fully saturated rings. The van der Waals surface area contributed by atoms with E-state index in [0.717, 1.165) is 96.9 Å². The molecule has 0 saturated heterocycles. The molecule has 6 rings (SSSR count). The molecule has 3 heterocycles. The van der Waals surface area contributed by atoms with Crippen molar-refractivity contribution in [2.24, 2.45) is 11.8 Å². The number of aryl methyl sites for hydroxylation is 2. The fourth-order valence-corrected chi connectivity index (χ4v) is 7.13. The highest BCUT2D eigenvalue weighted by Crippen LogP contribution is 2.37. The van der Waals surface area contributed by atoms with Crippen molar-refractivity contribution in [1.29, 1.82) is 0 Å². The first-order valence-corrected chi connectivity index (χ1v) is 17.3. The monoisotopic (exact) mass is 627 g/mol. The fourth-order valence-electron chi connectivity index (χ4n) is 7.13. The van der Waals surface area contributed by atoms with Gasteiger partial charge in [-0.3, -0.25) is 9.69 Å². The van der Waals surface area contributed by atoms with Crippen molar-refractivity contribution >= 4 is 11.9 Å². The number of anilines is 1. The molecule has 0 aliphatic heterocycles. The average Bonchev–Trinajstić information content (AvgIpc) is 3.13. The second-order valence-electron chi connectivity index (χ2n) is 13.3. The summed E-state index contributed by atoms with van der Waals surface area (Å²) < 4.78 is 0. The van der Waals surface area contributed by atoms with E-state index >= 15 is 0 Å². The lowest BCUT2D eigenvalue weighted by Gasteiger charge is -2.35. The SMILES string of the molecule is C#Cc1cnc(CC2CCC(N(C(=O)CCc3ccccc3)c3ncc(-c4cnc(CC)nc4)cn3)CC2)nc1C1CCC(C)CC1. The van der Waals surface area contributed by atoms with Crippen molar-refractivity contribution in [2.45, 2.75) is 103 Å². The van der Waals surface area contributed by atoms with Crippen molar-refractivity contribution in [3.05, 3.63) is 89.8 Å². The highest BCUT2D eigenvalue weighted by molar-refractivity contribution is 5.92. The number of carbonyl (C=O) groups excluding carboxylic acids is 1. The van der Waals surface area contributed by atoms with Crippen LogP contribution in [0, 0.1) is 24.2 Å². The molecular formula is C39H45N7O. The van der Waals surface area contributed by atoms with E-state index in [1.54, 1.807) is 24.8 Å². The van der Waals surface area contributed by atoms with E-state index in [9.17, 15) is 4.79 Å².